The second-order valence-corrected chi connectivity index (χ2v) is 9.79. The van der Waals surface area contributed by atoms with Crippen LogP contribution in [0.5, 0.6) is 0 Å². The number of aromatic nitrogens is 1. The Balaban J connectivity index is 1.56. The highest BCUT2D eigenvalue weighted by Crippen LogP contribution is 2.40. The molecule has 5 rings (SSSR count). The van der Waals surface area contributed by atoms with E-state index < -0.39 is 17.7 Å². The first-order valence-corrected chi connectivity index (χ1v) is 12.4. The number of carbonyl (C=O) groups is 2. The maximum absolute atomic E-state index is 13.3. The van der Waals surface area contributed by atoms with E-state index in [-0.39, 0.29) is 11.3 Å². The van der Waals surface area contributed by atoms with Crippen LogP contribution >= 0.6 is 0 Å². The van der Waals surface area contributed by atoms with E-state index in [0.717, 1.165) is 27.6 Å². The number of H-pyrrole nitrogens is 1. The summed E-state index contributed by atoms with van der Waals surface area (Å²) in [7, 11) is 0. The molecule has 0 aliphatic carbocycles. The topological polar surface area (TPSA) is 73.4 Å². The molecule has 1 aromatic heterocycles. The van der Waals surface area contributed by atoms with Crippen LogP contribution in [0.3, 0.4) is 0 Å². The highest BCUT2D eigenvalue weighted by Gasteiger charge is 2.45. The predicted octanol–water partition coefficient (Wildman–Crippen LogP) is 6.26. The van der Waals surface area contributed by atoms with Gasteiger partial charge in [0.25, 0.3) is 11.7 Å². The van der Waals surface area contributed by atoms with Crippen molar-refractivity contribution in [2.45, 2.75) is 39.2 Å². The average Bonchev–Trinajstić information content (AvgIpc) is 3.41. The Morgan fingerprint density at radius 3 is 2.36 bits per heavy atom. The minimum atomic E-state index is -0.655. The summed E-state index contributed by atoms with van der Waals surface area (Å²) < 4.78 is 0. The summed E-state index contributed by atoms with van der Waals surface area (Å²) in [4.78, 5) is 31.5. The molecule has 0 radical (unpaired) electrons. The molecule has 1 unspecified atom stereocenters. The number of ketones is 1. The van der Waals surface area contributed by atoms with Crippen molar-refractivity contribution in [3.8, 4) is 0 Å². The molecule has 3 aromatic carbocycles. The first-order chi connectivity index (χ1) is 17.3. The lowest BCUT2D eigenvalue weighted by Crippen LogP contribution is -2.31. The Bertz CT molecular complexity index is 1460. The van der Waals surface area contributed by atoms with E-state index in [4.69, 9.17) is 0 Å². The van der Waals surface area contributed by atoms with Crippen molar-refractivity contribution in [3.63, 3.8) is 0 Å². The van der Waals surface area contributed by atoms with Crippen molar-refractivity contribution >= 4 is 28.4 Å². The number of amides is 1. The molecule has 2 heterocycles. The SMILES string of the molecule is Cc1ccc(/C(O)=C2/C(=O)C(=O)N(CCc3c[nH]c4ccccc34)C2c2ccc(C(C)C)cc2)cc1. The van der Waals surface area contributed by atoms with E-state index in [1.54, 1.807) is 17.0 Å². The number of nitrogens with one attached hydrogen (secondary N) is 1. The Kier molecular flexibility index (Phi) is 6.23. The number of nitrogens with zero attached hydrogens (tertiary/aromatic N) is 1. The summed E-state index contributed by atoms with van der Waals surface area (Å²) in [5.41, 5.74) is 5.82. The van der Waals surface area contributed by atoms with Gasteiger partial charge in [0.1, 0.15) is 5.76 Å². The molecular formula is C31H30N2O3. The molecule has 1 atom stereocenters. The Hall–Kier alpha value is -4.12. The third-order valence-electron chi connectivity index (χ3n) is 7.08. The zero-order chi connectivity index (χ0) is 25.4. The van der Waals surface area contributed by atoms with Gasteiger partial charge in [0, 0.05) is 29.2 Å². The number of benzene rings is 3. The third-order valence-corrected chi connectivity index (χ3v) is 7.08. The summed E-state index contributed by atoms with van der Waals surface area (Å²) in [5.74, 6) is -1.01. The van der Waals surface area contributed by atoms with Gasteiger partial charge in [-0.05, 0) is 42.0 Å². The van der Waals surface area contributed by atoms with Gasteiger partial charge in [-0.1, -0.05) is 86.1 Å². The summed E-state index contributed by atoms with van der Waals surface area (Å²) in [6, 6.07) is 22.7. The van der Waals surface area contributed by atoms with E-state index in [1.807, 2.05) is 67.7 Å². The Morgan fingerprint density at radius 2 is 1.67 bits per heavy atom. The number of aromatic amines is 1. The smallest absolute Gasteiger partial charge is 0.295 e. The maximum Gasteiger partial charge on any atom is 0.295 e. The van der Waals surface area contributed by atoms with Gasteiger partial charge in [0.15, 0.2) is 0 Å². The van der Waals surface area contributed by atoms with E-state index in [2.05, 4.69) is 24.9 Å². The highest BCUT2D eigenvalue weighted by molar-refractivity contribution is 6.46. The molecule has 1 saturated heterocycles. The maximum atomic E-state index is 13.3. The van der Waals surface area contributed by atoms with Gasteiger partial charge in [-0.2, -0.15) is 0 Å². The van der Waals surface area contributed by atoms with Crippen LogP contribution in [0.15, 0.2) is 84.6 Å². The van der Waals surface area contributed by atoms with Crippen LogP contribution in [0.2, 0.25) is 0 Å². The van der Waals surface area contributed by atoms with E-state index in [9.17, 15) is 14.7 Å². The quantitative estimate of drug-likeness (QED) is 0.195. The van der Waals surface area contributed by atoms with Crippen LogP contribution < -0.4 is 0 Å². The molecule has 36 heavy (non-hydrogen) atoms. The zero-order valence-electron chi connectivity index (χ0n) is 20.8. The van der Waals surface area contributed by atoms with Gasteiger partial charge in [-0.25, -0.2) is 0 Å². The van der Waals surface area contributed by atoms with Crippen LogP contribution in [-0.4, -0.2) is 33.2 Å². The van der Waals surface area contributed by atoms with Crippen molar-refractivity contribution < 1.29 is 14.7 Å². The van der Waals surface area contributed by atoms with Crippen LogP contribution in [0.4, 0.5) is 0 Å². The first-order valence-electron chi connectivity index (χ1n) is 12.4. The number of rotatable bonds is 6. The normalized spacial score (nSPS) is 17.4. The lowest BCUT2D eigenvalue weighted by Gasteiger charge is -2.25. The van der Waals surface area contributed by atoms with Gasteiger partial charge in [-0.15, -0.1) is 0 Å². The molecule has 182 valence electrons. The van der Waals surface area contributed by atoms with Crippen LogP contribution in [0, 0.1) is 6.92 Å². The number of hydrogen-bond donors (Lipinski definition) is 2. The number of likely N-dealkylation sites (tertiary alicyclic amines) is 1. The third kappa shape index (κ3) is 4.22. The summed E-state index contributed by atoms with van der Waals surface area (Å²) in [6.45, 7) is 6.57. The fourth-order valence-electron chi connectivity index (χ4n) is 4.97. The number of aryl methyl sites for hydroxylation is 1. The molecule has 1 aliphatic heterocycles. The predicted molar refractivity (Wildman–Crippen MR) is 143 cm³/mol. The van der Waals surface area contributed by atoms with E-state index in [1.165, 1.54) is 5.56 Å². The van der Waals surface area contributed by atoms with Gasteiger partial charge >= 0.3 is 0 Å². The van der Waals surface area contributed by atoms with Crippen molar-refractivity contribution in [1.82, 2.24) is 9.88 Å². The van der Waals surface area contributed by atoms with Crippen molar-refractivity contribution in [2.75, 3.05) is 6.54 Å². The van der Waals surface area contributed by atoms with Crippen molar-refractivity contribution in [2.24, 2.45) is 0 Å². The number of hydrogen-bond acceptors (Lipinski definition) is 3. The Labute approximate surface area is 211 Å². The summed E-state index contributed by atoms with van der Waals surface area (Å²) in [6.07, 6.45) is 2.54. The van der Waals surface area contributed by atoms with Crippen LogP contribution in [0.1, 0.15) is 53.6 Å². The number of aliphatic hydroxyl groups excluding tert-OH is 1. The second kappa shape index (κ2) is 9.50. The molecular weight excluding hydrogens is 448 g/mol. The molecule has 2 N–H and O–H groups in total. The number of para-hydroxylation sites is 1. The number of fused-ring (bicyclic) bond motifs is 1. The first kappa shape index (κ1) is 23.6. The minimum Gasteiger partial charge on any atom is -0.507 e. The fourth-order valence-corrected chi connectivity index (χ4v) is 4.97. The molecule has 0 bridgehead atoms. The van der Waals surface area contributed by atoms with Gasteiger partial charge < -0.3 is 15.0 Å². The van der Waals surface area contributed by atoms with Crippen LogP contribution in [-0.2, 0) is 16.0 Å². The molecule has 1 fully saturated rings. The molecule has 1 amide bonds. The molecule has 4 aromatic rings. The highest BCUT2D eigenvalue weighted by atomic mass is 16.3. The Morgan fingerprint density at radius 1 is 0.972 bits per heavy atom. The monoisotopic (exact) mass is 478 g/mol. The molecule has 5 heteroatoms. The lowest BCUT2D eigenvalue weighted by atomic mass is 9.93. The molecule has 0 saturated carbocycles. The minimum absolute atomic E-state index is 0.138. The van der Waals surface area contributed by atoms with E-state index in [0.29, 0.717) is 24.4 Å². The average molecular weight is 479 g/mol. The van der Waals surface area contributed by atoms with E-state index >= 15 is 0 Å². The van der Waals surface area contributed by atoms with Gasteiger partial charge in [-0.3, -0.25) is 9.59 Å². The van der Waals surface area contributed by atoms with Crippen LogP contribution in [0.25, 0.3) is 16.7 Å². The standard InChI is InChI=1S/C31H30N2O3/c1-19(2)21-12-14-22(15-13-21)28-27(29(34)23-10-8-20(3)9-11-23)30(35)31(36)33(28)17-16-24-18-32-26-7-5-4-6-25(24)26/h4-15,18-19,28,32,34H,16-17H2,1-3H3/b29-27-. The molecule has 5 nitrogen and oxygen atoms in total. The largest absolute Gasteiger partial charge is 0.507 e. The van der Waals surface area contributed by atoms with Gasteiger partial charge in [0.2, 0.25) is 0 Å². The van der Waals surface area contributed by atoms with Crippen molar-refractivity contribution in [1.29, 1.82) is 0 Å². The number of carbonyl (C=O) groups excluding carboxylic acids is 2. The number of Topliss-reactive ketones (excluding diaryl/α,β-unsaturated/α-hetero) is 1. The van der Waals surface area contributed by atoms with Gasteiger partial charge in [0.05, 0.1) is 11.6 Å². The molecule has 0 spiro atoms. The fraction of sp³-hybridized carbons (Fsp3) is 0.226. The summed E-state index contributed by atoms with van der Waals surface area (Å²) >= 11 is 0. The molecule has 1 aliphatic rings. The van der Waals surface area contributed by atoms with Crippen molar-refractivity contribution in [3.05, 3.63) is 112 Å². The summed E-state index contributed by atoms with van der Waals surface area (Å²) in [5, 5.41) is 12.4. The zero-order valence-corrected chi connectivity index (χ0v) is 20.8. The lowest BCUT2D eigenvalue weighted by molar-refractivity contribution is -0.139. The second-order valence-electron chi connectivity index (χ2n) is 9.79. The number of aliphatic hydroxyl groups is 1.